The van der Waals surface area contributed by atoms with Crippen molar-refractivity contribution in [3.63, 3.8) is 0 Å². The van der Waals surface area contributed by atoms with Crippen LogP contribution in [0, 0.1) is 0 Å². The number of ether oxygens (including phenoxy) is 2. The molecule has 3 rings (SSSR count). The standard InChI is InChI=1S/C20H22N4O4/c1-12(2)26-19-8-6-16(11-22-19)27-20-7-5-15(10-21-20)17-9-18(28-24-17)13(3)23-14(4)25/h5-13H,1-4H3,(H,23,25). The average molecular weight is 382 g/mol. The Hall–Kier alpha value is -3.42. The summed E-state index contributed by atoms with van der Waals surface area (Å²) in [5.74, 6) is 1.97. The maximum absolute atomic E-state index is 11.1. The molecular weight excluding hydrogens is 360 g/mol. The van der Waals surface area contributed by atoms with Gasteiger partial charge in [0, 0.05) is 36.9 Å². The maximum atomic E-state index is 11.1. The zero-order valence-corrected chi connectivity index (χ0v) is 16.2. The van der Waals surface area contributed by atoms with Crippen LogP contribution in [-0.2, 0) is 4.79 Å². The molecular formula is C20H22N4O4. The number of amides is 1. The molecule has 0 fully saturated rings. The van der Waals surface area contributed by atoms with Crippen molar-refractivity contribution in [2.24, 2.45) is 0 Å². The van der Waals surface area contributed by atoms with Crippen molar-refractivity contribution in [1.82, 2.24) is 20.4 Å². The van der Waals surface area contributed by atoms with Crippen molar-refractivity contribution in [2.75, 3.05) is 0 Å². The summed E-state index contributed by atoms with van der Waals surface area (Å²) in [6.07, 6.45) is 3.29. The maximum Gasteiger partial charge on any atom is 0.219 e. The minimum Gasteiger partial charge on any atom is -0.475 e. The summed E-state index contributed by atoms with van der Waals surface area (Å²) in [4.78, 5) is 19.6. The van der Waals surface area contributed by atoms with Gasteiger partial charge in [-0.1, -0.05) is 5.16 Å². The summed E-state index contributed by atoms with van der Waals surface area (Å²) in [5.41, 5.74) is 1.40. The molecule has 1 unspecified atom stereocenters. The van der Waals surface area contributed by atoms with E-state index >= 15 is 0 Å². The van der Waals surface area contributed by atoms with E-state index in [1.807, 2.05) is 26.8 Å². The van der Waals surface area contributed by atoms with Crippen LogP contribution in [0.4, 0.5) is 0 Å². The lowest BCUT2D eigenvalue weighted by atomic mass is 10.1. The van der Waals surface area contributed by atoms with Crippen molar-refractivity contribution in [2.45, 2.75) is 39.8 Å². The zero-order chi connectivity index (χ0) is 20.1. The molecule has 0 radical (unpaired) electrons. The van der Waals surface area contributed by atoms with E-state index in [1.165, 1.54) is 6.92 Å². The highest BCUT2D eigenvalue weighted by molar-refractivity contribution is 5.73. The van der Waals surface area contributed by atoms with Crippen LogP contribution in [0.1, 0.15) is 39.5 Å². The molecule has 0 saturated heterocycles. The number of hydrogen-bond acceptors (Lipinski definition) is 7. The van der Waals surface area contributed by atoms with Gasteiger partial charge in [-0.2, -0.15) is 0 Å². The van der Waals surface area contributed by atoms with Crippen molar-refractivity contribution in [3.8, 4) is 28.8 Å². The van der Waals surface area contributed by atoms with E-state index in [4.69, 9.17) is 14.0 Å². The van der Waals surface area contributed by atoms with Gasteiger partial charge < -0.3 is 19.3 Å². The predicted octanol–water partition coefficient (Wildman–Crippen LogP) is 3.91. The van der Waals surface area contributed by atoms with Gasteiger partial charge in [-0.05, 0) is 32.9 Å². The SMILES string of the molecule is CC(=O)NC(C)c1cc(-c2ccc(Oc3ccc(OC(C)C)nc3)nc2)no1. The van der Waals surface area contributed by atoms with Crippen LogP contribution < -0.4 is 14.8 Å². The quantitative estimate of drug-likeness (QED) is 0.661. The number of nitrogens with zero attached hydrogens (tertiary/aromatic N) is 3. The molecule has 0 aliphatic rings. The molecule has 0 bridgehead atoms. The third-order valence-electron chi connectivity index (χ3n) is 3.70. The predicted molar refractivity (Wildman–Crippen MR) is 102 cm³/mol. The lowest BCUT2D eigenvalue weighted by Gasteiger charge is -2.09. The Labute approximate surface area is 162 Å². The van der Waals surface area contributed by atoms with Gasteiger partial charge in [0.1, 0.15) is 11.4 Å². The van der Waals surface area contributed by atoms with E-state index in [0.717, 1.165) is 5.56 Å². The van der Waals surface area contributed by atoms with E-state index < -0.39 is 0 Å². The Kier molecular flexibility index (Phi) is 5.88. The van der Waals surface area contributed by atoms with E-state index in [-0.39, 0.29) is 18.1 Å². The van der Waals surface area contributed by atoms with Crippen molar-refractivity contribution >= 4 is 5.91 Å². The van der Waals surface area contributed by atoms with Gasteiger partial charge in [-0.15, -0.1) is 0 Å². The van der Waals surface area contributed by atoms with Crippen LogP contribution in [0.5, 0.6) is 17.5 Å². The van der Waals surface area contributed by atoms with Crippen LogP contribution in [0.3, 0.4) is 0 Å². The zero-order valence-electron chi connectivity index (χ0n) is 16.2. The van der Waals surface area contributed by atoms with Gasteiger partial charge in [-0.3, -0.25) is 4.79 Å². The summed E-state index contributed by atoms with van der Waals surface area (Å²) >= 11 is 0. The second-order valence-electron chi connectivity index (χ2n) is 6.52. The first-order valence-corrected chi connectivity index (χ1v) is 8.91. The Morgan fingerprint density at radius 2 is 1.82 bits per heavy atom. The minimum atomic E-state index is -0.260. The third kappa shape index (κ3) is 5.06. The van der Waals surface area contributed by atoms with Gasteiger partial charge in [0.25, 0.3) is 0 Å². The number of carbonyl (C=O) groups is 1. The fourth-order valence-corrected chi connectivity index (χ4v) is 2.46. The topological polar surface area (TPSA) is 99.4 Å². The Balaban J connectivity index is 1.65. The second kappa shape index (κ2) is 8.51. The van der Waals surface area contributed by atoms with E-state index in [0.29, 0.717) is 29.0 Å². The molecule has 0 aliphatic heterocycles. The summed E-state index contributed by atoms with van der Waals surface area (Å²) in [5, 5.41) is 6.78. The molecule has 1 N–H and O–H groups in total. The molecule has 0 spiro atoms. The Morgan fingerprint density at radius 1 is 1.07 bits per heavy atom. The molecule has 1 atom stereocenters. The van der Waals surface area contributed by atoms with Gasteiger partial charge >= 0.3 is 0 Å². The Morgan fingerprint density at radius 3 is 2.43 bits per heavy atom. The fourth-order valence-electron chi connectivity index (χ4n) is 2.46. The molecule has 8 nitrogen and oxygen atoms in total. The highest BCUT2D eigenvalue weighted by Crippen LogP contribution is 2.25. The molecule has 0 saturated carbocycles. The Bertz CT molecular complexity index is 920. The largest absolute Gasteiger partial charge is 0.475 e. The van der Waals surface area contributed by atoms with E-state index in [2.05, 4.69) is 20.4 Å². The van der Waals surface area contributed by atoms with Crippen molar-refractivity contribution < 1.29 is 18.8 Å². The molecule has 3 heterocycles. The normalized spacial score (nSPS) is 11.9. The van der Waals surface area contributed by atoms with E-state index in [1.54, 1.807) is 36.7 Å². The van der Waals surface area contributed by atoms with Crippen LogP contribution in [0.15, 0.2) is 47.2 Å². The van der Waals surface area contributed by atoms with Crippen LogP contribution in [-0.4, -0.2) is 27.1 Å². The fraction of sp³-hybridized carbons (Fsp3) is 0.300. The van der Waals surface area contributed by atoms with Crippen molar-refractivity contribution in [1.29, 1.82) is 0 Å². The molecule has 3 aromatic heterocycles. The van der Waals surface area contributed by atoms with Crippen LogP contribution >= 0.6 is 0 Å². The summed E-state index contributed by atoms with van der Waals surface area (Å²) < 4.78 is 16.5. The number of carbonyl (C=O) groups excluding carboxylic acids is 1. The number of pyridine rings is 2. The lowest BCUT2D eigenvalue weighted by molar-refractivity contribution is -0.119. The lowest BCUT2D eigenvalue weighted by Crippen LogP contribution is -2.23. The minimum absolute atomic E-state index is 0.0618. The number of rotatable bonds is 7. The second-order valence-corrected chi connectivity index (χ2v) is 6.52. The third-order valence-corrected chi connectivity index (χ3v) is 3.70. The molecule has 28 heavy (non-hydrogen) atoms. The smallest absolute Gasteiger partial charge is 0.219 e. The summed E-state index contributed by atoms with van der Waals surface area (Å²) in [6, 6.07) is 8.60. The molecule has 146 valence electrons. The van der Waals surface area contributed by atoms with Crippen LogP contribution in [0.2, 0.25) is 0 Å². The van der Waals surface area contributed by atoms with Gasteiger partial charge in [0.15, 0.2) is 5.76 Å². The summed E-state index contributed by atoms with van der Waals surface area (Å²) in [7, 11) is 0. The average Bonchev–Trinajstić information content (AvgIpc) is 3.13. The first kappa shape index (κ1) is 19.3. The van der Waals surface area contributed by atoms with Crippen LogP contribution in [0.25, 0.3) is 11.3 Å². The number of aromatic nitrogens is 3. The molecule has 3 aromatic rings. The molecule has 8 heteroatoms. The highest BCUT2D eigenvalue weighted by Gasteiger charge is 2.14. The monoisotopic (exact) mass is 382 g/mol. The molecule has 0 aromatic carbocycles. The van der Waals surface area contributed by atoms with Gasteiger partial charge in [-0.25, -0.2) is 9.97 Å². The number of hydrogen-bond donors (Lipinski definition) is 1. The van der Waals surface area contributed by atoms with Gasteiger partial charge in [0.05, 0.1) is 18.3 Å². The molecule has 1 amide bonds. The van der Waals surface area contributed by atoms with E-state index in [9.17, 15) is 4.79 Å². The number of nitrogens with one attached hydrogen (secondary N) is 1. The molecule has 0 aliphatic carbocycles. The first-order chi connectivity index (χ1) is 13.4. The summed E-state index contributed by atoms with van der Waals surface area (Å²) in [6.45, 7) is 7.16. The first-order valence-electron chi connectivity index (χ1n) is 8.91. The van der Waals surface area contributed by atoms with Gasteiger partial charge in [0.2, 0.25) is 17.7 Å². The highest BCUT2D eigenvalue weighted by atomic mass is 16.5. The van der Waals surface area contributed by atoms with Crippen molar-refractivity contribution in [3.05, 3.63) is 48.5 Å².